The predicted octanol–water partition coefficient (Wildman–Crippen LogP) is 4.34. The van der Waals surface area contributed by atoms with Gasteiger partial charge in [0.25, 0.3) is 0 Å². The number of likely N-dealkylation sites (N-methyl/N-ethyl adjacent to an activating group) is 1. The second-order valence-electron chi connectivity index (χ2n) is 8.46. The fourth-order valence-corrected chi connectivity index (χ4v) is 7.02. The lowest BCUT2D eigenvalue weighted by molar-refractivity contribution is -0.155. The van der Waals surface area contributed by atoms with Crippen LogP contribution in [0.5, 0.6) is 0 Å². The second-order valence-corrected chi connectivity index (χ2v) is 11.1. The molecule has 2 aliphatic heterocycles. The van der Waals surface area contributed by atoms with Gasteiger partial charge in [0.15, 0.2) is 0 Å². The van der Waals surface area contributed by atoms with E-state index in [1.807, 2.05) is 36.4 Å². The minimum Gasteiger partial charge on any atom is -0.389 e. The number of anilines is 1. The lowest BCUT2D eigenvalue weighted by Gasteiger charge is -2.50. The average Bonchev–Trinajstić information content (AvgIpc) is 2.83. The highest BCUT2D eigenvalue weighted by Gasteiger charge is 2.49. The fraction of sp³-hybridized carbons (Fsp3) is 0.520. The number of rotatable bonds is 9. The van der Waals surface area contributed by atoms with Gasteiger partial charge in [-0.25, -0.2) is 0 Å². The fourth-order valence-electron chi connectivity index (χ4n) is 4.44. The first-order chi connectivity index (χ1) is 16.0. The zero-order chi connectivity index (χ0) is 23.4. The van der Waals surface area contributed by atoms with Crippen LogP contribution in [0, 0.1) is 0 Å². The van der Waals surface area contributed by atoms with E-state index < -0.39 is 18.3 Å². The first kappa shape index (κ1) is 25.2. The van der Waals surface area contributed by atoms with Crippen LogP contribution in [0.4, 0.5) is 5.69 Å². The Morgan fingerprint density at radius 2 is 1.85 bits per heavy atom. The molecular weight excluding hydrogens is 476 g/mol. The lowest BCUT2D eigenvalue weighted by atomic mass is 9.99. The quantitative estimate of drug-likeness (QED) is 0.522. The third-order valence-electron chi connectivity index (χ3n) is 6.41. The Morgan fingerprint density at radius 1 is 1.09 bits per heavy atom. The lowest BCUT2D eigenvalue weighted by Crippen LogP contribution is -2.63. The number of ether oxygens (including phenoxy) is 1. The summed E-state index contributed by atoms with van der Waals surface area (Å²) in [7, 11) is 0. The average molecular weight is 509 g/mol. The maximum atomic E-state index is 11.1. The Hall–Kier alpha value is -0.930. The third-order valence-corrected chi connectivity index (χ3v) is 9.13. The van der Waals surface area contributed by atoms with Crippen molar-refractivity contribution < 1.29 is 14.9 Å². The minimum atomic E-state index is -0.916. The van der Waals surface area contributed by atoms with E-state index in [-0.39, 0.29) is 11.5 Å². The zero-order valence-corrected chi connectivity index (χ0v) is 21.5. The topological polar surface area (TPSA) is 56.2 Å². The highest BCUT2D eigenvalue weighted by Crippen LogP contribution is 2.47. The van der Waals surface area contributed by atoms with Crippen molar-refractivity contribution in [3.8, 4) is 0 Å². The molecule has 8 heteroatoms. The van der Waals surface area contributed by atoms with Crippen molar-refractivity contribution in [2.24, 2.45) is 0 Å². The van der Waals surface area contributed by atoms with Crippen LogP contribution in [0.1, 0.15) is 19.4 Å². The van der Waals surface area contributed by atoms with E-state index in [4.69, 9.17) is 16.3 Å². The molecule has 2 N–H and O–H groups in total. The van der Waals surface area contributed by atoms with Crippen LogP contribution in [-0.2, 0) is 10.5 Å². The van der Waals surface area contributed by atoms with Crippen molar-refractivity contribution in [2.75, 3.05) is 36.8 Å². The van der Waals surface area contributed by atoms with Gasteiger partial charge in [0, 0.05) is 34.5 Å². The summed E-state index contributed by atoms with van der Waals surface area (Å²) in [6.07, 6.45) is -2.54. The van der Waals surface area contributed by atoms with E-state index in [1.54, 1.807) is 23.5 Å². The molecule has 33 heavy (non-hydrogen) atoms. The van der Waals surface area contributed by atoms with Gasteiger partial charge in [-0.15, -0.1) is 11.8 Å². The van der Waals surface area contributed by atoms with Gasteiger partial charge in [0.1, 0.15) is 12.3 Å². The molecular formula is C25H33ClN2O3S2. The zero-order valence-electron chi connectivity index (χ0n) is 19.1. The molecule has 0 radical (unpaired) electrons. The SMILES string of the molecule is CCN(CC)CCN1c2cc(Cl)ccc2SC2C(O)C(O)C(CSCc3ccccc3)OC21. The van der Waals surface area contributed by atoms with Crippen molar-refractivity contribution >= 4 is 40.8 Å². The summed E-state index contributed by atoms with van der Waals surface area (Å²) >= 11 is 9.66. The molecule has 0 saturated carbocycles. The number of nitrogens with zero attached hydrogens (tertiary/aromatic N) is 2. The Bertz CT molecular complexity index is 902. The maximum absolute atomic E-state index is 11.1. The smallest absolute Gasteiger partial charge is 0.145 e. The molecule has 5 atom stereocenters. The van der Waals surface area contributed by atoms with E-state index >= 15 is 0 Å². The largest absolute Gasteiger partial charge is 0.389 e. The second kappa shape index (κ2) is 11.7. The Balaban J connectivity index is 1.52. The number of aliphatic hydroxyl groups excluding tert-OH is 2. The number of benzene rings is 2. The first-order valence-corrected chi connectivity index (χ1v) is 14.0. The summed E-state index contributed by atoms with van der Waals surface area (Å²) in [5, 5.41) is 22.4. The van der Waals surface area contributed by atoms with E-state index in [0.717, 1.165) is 42.5 Å². The van der Waals surface area contributed by atoms with E-state index in [2.05, 4.69) is 35.8 Å². The Kier molecular flexibility index (Phi) is 8.90. The highest BCUT2D eigenvalue weighted by molar-refractivity contribution is 8.00. The van der Waals surface area contributed by atoms with Gasteiger partial charge in [-0.05, 0) is 36.9 Å². The van der Waals surface area contributed by atoms with E-state index in [1.165, 1.54) is 5.56 Å². The molecule has 4 rings (SSSR count). The summed E-state index contributed by atoms with van der Waals surface area (Å²) in [6.45, 7) is 7.96. The molecule has 0 aliphatic carbocycles. The van der Waals surface area contributed by atoms with Gasteiger partial charge in [0.05, 0.1) is 23.1 Å². The summed E-state index contributed by atoms with van der Waals surface area (Å²) in [6, 6.07) is 16.2. The molecule has 0 aromatic heterocycles. The predicted molar refractivity (Wildman–Crippen MR) is 140 cm³/mol. The summed E-state index contributed by atoms with van der Waals surface area (Å²) in [4.78, 5) is 5.68. The van der Waals surface area contributed by atoms with Crippen molar-refractivity contribution in [3.63, 3.8) is 0 Å². The van der Waals surface area contributed by atoms with Crippen molar-refractivity contribution in [3.05, 3.63) is 59.1 Å². The maximum Gasteiger partial charge on any atom is 0.145 e. The molecule has 1 saturated heterocycles. The molecule has 180 valence electrons. The number of hydrogen-bond acceptors (Lipinski definition) is 7. The Morgan fingerprint density at radius 3 is 2.58 bits per heavy atom. The summed E-state index contributed by atoms with van der Waals surface area (Å²) < 4.78 is 6.53. The van der Waals surface area contributed by atoms with Crippen molar-refractivity contribution in [1.29, 1.82) is 0 Å². The standard InChI is InChI=1S/C25H33ClN2O3S2/c1-3-27(4-2)12-13-28-19-14-18(26)10-11-21(19)33-24-23(30)22(29)20(31-25(24)28)16-32-15-17-8-6-5-7-9-17/h5-11,14,20,22-25,29-30H,3-4,12-13,15-16H2,1-2H3. The van der Waals surface area contributed by atoms with E-state index in [0.29, 0.717) is 10.8 Å². The molecule has 0 bridgehead atoms. The van der Waals surface area contributed by atoms with Gasteiger partial charge in [0.2, 0.25) is 0 Å². The third kappa shape index (κ3) is 5.84. The molecule has 2 heterocycles. The van der Waals surface area contributed by atoms with Crippen LogP contribution >= 0.6 is 35.1 Å². The monoisotopic (exact) mass is 508 g/mol. The number of halogens is 1. The highest BCUT2D eigenvalue weighted by atomic mass is 35.5. The molecule has 0 amide bonds. The molecule has 5 nitrogen and oxygen atoms in total. The van der Waals surface area contributed by atoms with Crippen LogP contribution in [0.15, 0.2) is 53.4 Å². The van der Waals surface area contributed by atoms with Gasteiger partial charge < -0.3 is 24.7 Å². The normalized spacial score (nSPS) is 26.8. The van der Waals surface area contributed by atoms with E-state index in [9.17, 15) is 10.2 Å². The molecule has 2 aliphatic rings. The van der Waals surface area contributed by atoms with Crippen LogP contribution in [-0.4, -0.2) is 76.8 Å². The molecule has 2 aromatic rings. The summed E-state index contributed by atoms with van der Waals surface area (Å²) in [5.74, 6) is 1.46. The van der Waals surface area contributed by atoms with Crippen LogP contribution in [0.2, 0.25) is 5.02 Å². The molecule has 0 spiro atoms. The van der Waals surface area contributed by atoms with Gasteiger partial charge in [-0.2, -0.15) is 11.8 Å². The summed E-state index contributed by atoms with van der Waals surface area (Å²) in [5.41, 5.74) is 2.28. The van der Waals surface area contributed by atoms with Gasteiger partial charge in [-0.1, -0.05) is 55.8 Å². The Labute approximate surface area is 210 Å². The van der Waals surface area contributed by atoms with Crippen molar-refractivity contribution in [2.45, 2.75) is 54.3 Å². The van der Waals surface area contributed by atoms with Gasteiger partial charge >= 0.3 is 0 Å². The minimum absolute atomic E-state index is 0.263. The van der Waals surface area contributed by atoms with Gasteiger partial charge in [-0.3, -0.25) is 0 Å². The molecule has 1 fully saturated rings. The molecule has 5 unspecified atom stereocenters. The van der Waals surface area contributed by atoms with Crippen LogP contribution in [0.25, 0.3) is 0 Å². The number of fused-ring (bicyclic) bond motifs is 2. The number of hydrogen-bond donors (Lipinski definition) is 2. The number of thioether (sulfide) groups is 2. The number of aliphatic hydroxyl groups is 2. The first-order valence-electron chi connectivity index (χ1n) is 11.6. The van der Waals surface area contributed by atoms with Crippen LogP contribution in [0.3, 0.4) is 0 Å². The van der Waals surface area contributed by atoms with Crippen molar-refractivity contribution in [1.82, 2.24) is 4.90 Å². The molecule has 2 aromatic carbocycles. The van der Waals surface area contributed by atoms with Crippen LogP contribution < -0.4 is 4.90 Å².